The molecule has 0 saturated carbocycles. The van der Waals surface area contributed by atoms with Crippen LogP contribution in [0.2, 0.25) is 0 Å². The molecule has 0 bridgehead atoms. The van der Waals surface area contributed by atoms with Crippen molar-refractivity contribution in [2.24, 2.45) is 7.05 Å². The zero-order chi connectivity index (χ0) is 29.0. The number of alkyl halides is 3. The topological polar surface area (TPSA) is 118 Å². The molecule has 4 rings (SSSR count). The molecule has 0 saturated heterocycles. The predicted octanol–water partition coefficient (Wildman–Crippen LogP) is 5.19. The van der Waals surface area contributed by atoms with Crippen molar-refractivity contribution in [3.63, 3.8) is 0 Å². The van der Waals surface area contributed by atoms with Crippen molar-refractivity contribution in [3.05, 3.63) is 77.6 Å². The number of rotatable bonds is 7. The third-order valence-corrected chi connectivity index (χ3v) is 6.13. The number of halogens is 3. The minimum Gasteiger partial charge on any atom is -0.445 e. The van der Waals surface area contributed by atoms with Crippen molar-refractivity contribution < 1.29 is 19.1 Å². The van der Waals surface area contributed by atoms with E-state index in [1.54, 1.807) is 62.2 Å². The number of aromatic nitrogens is 3. The van der Waals surface area contributed by atoms with E-state index >= 15 is 0 Å². The van der Waals surface area contributed by atoms with Crippen LogP contribution < -0.4 is 10.6 Å². The summed E-state index contributed by atoms with van der Waals surface area (Å²) in [5.41, 5.74) is 4.26. The highest BCUT2D eigenvalue weighted by Crippen LogP contribution is 2.27. The molecule has 40 heavy (non-hydrogen) atoms. The number of pyridine rings is 1. The lowest BCUT2D eigenvalue weighted by molar-refractivity contribution is 0.0826. The molecule has 0 unspecified atom stereocenters. The number of amides is 3. The average molecular weight is 604 g/mol. The summed E-state index contributed by atoms with van der Waals surface area (Å²) in [5, 5.41) is 10.5. The Labute approximate surface area is 245 Å². The van der Waals surface area contributed by atoms with Crippen LogP contribution in [0.4, 0.5) is 10.5 Å². The van der Waals surface area contributed by atoms with Crippen LogP contribution in [0.5, 0.6) is 0 Å². The Morgan fingerprint density at radius 2 is 1.75 bits per heavy atom. The minimum atomic E-state index is -1.70. The molecule has 0 aliphatic heterocycles. The molecule has 2 aromatic carbocycles. The van der Waals surface area contributed by atoms with Gasteiger partial charge in [-0.1, -0.05) is 53.0 Å². The fraction of sp³-hybridized carbons (Fsp3) is 0.222. The van der Waals surface area contributed by atoms with Crippen LogP contribution in [0.1, 0.15) is 26.4 Å². The van der Waals surface area contributed by atoms with Gasteiger partial charge in [-0.05, 0) is 42.0 Å². The molecule has 0 aliphatic carbocycles. The van der Waals surface area contributed by atoms with Crippen molar-refractivity contribution in [1.82, 2.24) is 25.0 Å². The smallest absolute Gasteiger partial charge is 0.411 e. The van der Waals surface area contributed by atoms with Crippen LogP contribution in [-0.4, -0.2) is 62.1 Å². The first kappa shape index (κ1) is 29.1. The van der Waals surface area contributed by atoms with Gasteiger partial charge < -0.3 is 15.0 Å². The van der Waals surface area contributed by atoms with Gasteiger partial charge in [0.25, 0.3) is 11.8 Å². The van der Waals surface area contributed by atoms with Gasteiger partial charge >= 0.3 is 6.09 Å². The second-order valence-corrected chi connectivity index (χ2v) is 11.5. The summed E-state index contributed by atoms with van der Waals surface area (Å²) >= 11 is 16.7. The predicted molar refractivity (Wildman–Crippen MR) is 155 cm³/mol. The summed E-state index contributed by atoms with van der Waals surface area (Å²) in [7, 11) is 5.13. The number of benzene rings is 2. The highest BCUT2D eigenvalue weighted by Gasteiger charge is 2.22. The fourth-order valence-electron chi connectivity index (χ4n) is 3.82. The second-order valence-electron chi connectivity index (χ2n) is 9.03. The number of ether oxygens (including phenoxy) is 1. The highest BCUT2D eigenvalue weighted by molar-refractivity contribution is 6.67. The van der Waals surface area contributed by atoms with Gasteiger partial charge in [0, 0.05) is 50.5 Å². The standard InChI is InChI=1S/C27H25Cl3N6O4/c1-35(2)25(38)18-6-10-21(31-14-18)17-7-11-22-20(12-17)23(34-36(22)3)24(37)32-13-16-4-8-19(9-5-16)33-26(39)40-15-27(28,29)30/h4-12,14H,13,15H2,1-3H3,(H,32,37)(H,33,39). The zero-order valence-electron chi connectivity index (χ0n) is 21.7. The summed E-state index contributed by atoms with van der Waals surface area (Å²) in [5.74, 6) is -0.480. The quantitative estimate of drug-likeness (QED) is 0.281. The number of fused-ring (bicyclic) bond motifs is 1. The number of hydrogen-bond donors (Lipinski definition) is 2. The Balaban J connectivity index is 1.43. The van der Waals surface area contributed by atoms with E-state index < -0.39 is 16.5 Å². The SMILES string of the molecule is CN(C)C(=O)c1ccc(-c2ccc3c(c2)c(C(=O)NCc2ccc(NC(=O)OCC(Cl)(Cl)Cl)cc2)nn3C)nc1. The van der Waals surface area contributed by atoms with Crippen molar-refractivity contribution in [1.29, 1.82) is 0 Å². The van der Waals surface area contributed by atoms with E-state index in [4.69, 9.17) is 39.5 Å². The Hall–Kier alpha value is -3.86. The molecular weight excluding hydrogens is 579 g/mol. The number of hydrogen-bond acceptors (Lipinski definition) is 6. The van der Waals surface area contributed by atoms with Gasteiger partial charge in [0.2, 0.25) is 3.79 Å². The first-order valence-corrected chi connectivity index (χ1v) is 13.1. The Bertz CT molecular complexity index is 1550. The van der Waals surface area contributed by atoms with Gasteiger partial charge in [-0.3, -0.25) is 24.6 Å². The first-order chi connectivity index (χ1) is 18.9. The van der Waals surface area contributed by atoms with Crippen LogP contribution >= 0.6 is 34.8 Å². The monoisotopic (exact) mass is 602 g/mol. The number of carbonyl (C=O) groups excluding carboxylic acids is 3. The molecule has 4 aromatic rings. The van der Waals surface area contributed by atoms with Crippen LogP contribution in [0.3, 0.4) is 0 Å². The number of carbonyl (C=O) groups is 3. The van der Waals surface area contributed by atoms with E-state index in [1.807, 2.05) is 18.2 Å². The van der Waals surface area contributed by atoms with Crippen LogP contribution in [-0.2, 0) is 18.3 Å². The molecule has 13 heteroatoms. The van der Waals surface area contributed by atoms with Gasteiger partial charge in [-0.25, -0.2) is 4.79 Å². The largest absolute Gasteiger partial charge is 0.445 e. The lowest BCUT2D eigenvalue weighted by atomic mass is 10.1. The molecular formula is C27H25Cl3N6O4. The molecule has 0 radical (unpaired) electrons. The Morgan fingerprint density at radius 1 is 1.02 bits per heavy atom. The van der Waals surface area contributed by atoms with Crippen LogP contribution in [0.15, 0.2) is 60.8 Å². The van der Waals surface area contributed by atoms with Gasteiger partial charge in [0.15, 0.2) is 5.69 Å². The molecule has 3 amide bonds. The molecule has 2 N–H and O–H groups in total. The third kappa shape index (κ3) is 7.20. The Kier molecular flexibility index (Phi) is 8.82. The molecule has 0 atom stereocenters. The van der Waals surface area contributed by atoms with Gasteiger partial charge in [-0.15, -0.1) is 0 Å². The van der Waals surface area contributed by atoms with Crippen LogP contribution in [0, 0.1) is 0 Å². The number of nitrogens with one attached hydrogen (secondary N) is 2. The maximum absolute atomic E-state index is 13.1. The van der Waals surface area contributed by atoms with E-state index in [2.05, 4.69) is 20.7 Å². The highest BCUT2D eigenvalue weighted by atomic mass is 35.6. The van der Waals surface area contributed by atoms with Crippen molar-refractivity contribution in [2.45, 2.75) is 10.3 Å². The van der Waals surface area contributed by atoms with E-state index in [9.17, 15) is 14.4 Å². The summed E-state index contributed by atoms with van der Waals surface area (Å²) in [6.07, 6.45) is 0.772. The maximum atomic E-state index is 13.1. The molecule has 0 fully saturated rings. The minimum absolute atomic E-state index is 0.133. The molecule has 2 heterocycles. The van der Waals surface area contributed by atoms with Crippen molar-refractivity contribution in [3.8, 4) is 11.3 Å². The first-order valence-electron chi connectivity index (χ1n) is 11.9. The van der Waals surface area contributed by atoms with E-state index in [0.717, 1.165) is 16.6 Å². The normalized spacial score (nSPS) is 11.2. The number of aryl methyl sites for hydroxylation is 1. The van der Waals surface area contributed by atoms with Crippen molar-refractivity contribution >= 4 is 69.3 Å². The lowest BCUT2D eigenvalue weighted by Gasteiger charge is -2.12. The van der Waals surface area contributed by atoms with E-state index in [0.29, 0.717) is 22.3 Å². The van der Waals surface area contributed by atoms with Crippen molar-refractivity contribution in [2.75, 3.05) is 26.0 Å². The summed E-state index contributed by atoms with van der Waals surface area (Å²) < 4.78 is 4.78. The van der Waals surface area contributed by atoms with E-state index in [1.165, 1.54) is 11.1 Å². The van der Waals surface area contributed by atoms with Gasteiger partial charge in [0.1, 0.15) is 6.61 Å². The average Bonchev–Trinajstić information content (AvgIpc) is 3.26. The molecule has 0 aliphatic rings. The second kappa shape index (κ2) is 12.1. The zero-order valence-corrected chi connectivity index (χ0v) is 24.0. The van der Waals surface area contributed by atoms with Gasteiger partial charge in [0.05, 0.1) is 16.8 Å². The van der Waals surface area contributed by atoms with E-state index in [-0.39, 0.29) is 24.1 Å². The van der Waals surface area contributed by atoms with Gasteiger partial charge in [-0.2, -0.15) is 5.10 Å². The molecule has 208 valence electrons. The lowest BCUT2D eigenvalue weighted by Crippen LogP contribution is -2.23. The third-order valence-electron chi connectivity index (χ3n) is 5.80. The Morgan fingerprint density at radius 3 is 2.38 bits per heavy atom. The fourth-order valence-corrected chi connectivity index (χ4v) is 3.98. The maximum Gasteiger partial charge on any atom is 0.411 e. The molecule has 2 aromatic heterocycles. The molecule has 10 nitrogen and oxygen atoms in total. The summed E-state index contributed by atoms with van der Waals surface area (Å²) in [6, 6.07) is 15.9. The summed E-state index contributed by atoms with van der Waals surface area (Å²) in [4.78, 5) is 43.0. The number of anilines is 1. The molecule has 0 spiro atoms. The number of nitrogens with zero attached hydrogens (tertiary/aromatic N) is 4. The summed E-state index contributed by atoms with van der Waals surface area (Å²) in [6.45, 7) is -0.157. The van der Waals surface area contributed by atoms with Crippen LogP contribution in [0.25, 0.3) is 22.2 Å².